The van der Waals surface area contributed by atoms with Crippen molar-refractivity contribution < 1.29 is 0 Å². The first-order valence-electron chi connectivity index (χ1n) is 19.0. The lowest BCUT2D eigenvalue weighted by atomic mass is 9.86. The highest BCUT2D eigenvalue weighted by Gasteiger charge is 2.26. The van der Waals surface area contributed by atoms with Gasteiger partial charge in [0.2, 0.25) is 0 Å². The van der Waals surface area contributed by atoms with Gasteiger partial charge in [0.05, 0.1) is 27.5 Å². The van der Waals surface area contributed by atoms with Crippen LogP contribution < -0.4 is 5.56 Å². The van der Waals surface area contributed by atoms with Crippen molar-refractivity contribution in [2.24, 2.45) is 0 Å². The molecule has 11 rings (SSSR count). The quantitative estimate of drug-likeness (QED) is 0.171. The Kier molecular flexibility index (Phi) is 7.17. The predicted octanol–water partition coefficient (Wildman–Crippen LogP) is 12.0. The maximum absolute atomic E-state index is 14.2. The molecule has 1 aliphatic carbocycles. The summed E-state index contributed by atoms with van der Waals surface area (Å²) < 4.78 is 4.18. The topological polar surface area (TPSA) is 39.8 Å². The molecule has 10 aromatic rings. The number of aromatic nitrogens is 3. The molecule has 0 radical (unpaired) electrons. The van der Waals surface area contributed by atoms with Crippen molar-refractivity contribution in [1.82, 2.24) is 14.1 Å². The van der Waals surface area contributed by atoms with Crippen LogP contribution in [0, 0.1) is 0 Å². The Morgan fingerprint density at radius 1 is 0.473 bits per heavy atom. The van der Waals surface area contributed by atoms with Crippen molar-refractivity contribution in [2.45, 2.75) is 18.8 Å². The second-order valence-electron chi connectivity index (χ2n) is 14.6. The van der Waals surface area contributed by atoms with E-state index >= 15 is 0 Å². The molecule has 1 atom stereocenters. The van der Waals surface area contributed by atoms with E-state index in [4.69, 9.17) is 4.98 Å². The first-order chi connectivity index (χ1) is 27.2. The standard InChI is InChI=1S/C51H35N3O/c55-51-43-28-29-46(52-50(43)42-20-10-12-22-48(42)54(51)37-16-5-2-6-17-37)40-27-23-33-13-7-8-18-38(33)44-31-34(24-26-39(40)44)35-25-30-49-45(32-35)41-19-9-11-21-47(41)53(49)36-14-3-1-4-15-36/h1-22,24-26,28-32,40H,23,27H2. The molecule has 55 heavy (non-hydrogen) atoms. The van der Waals surface area contributed by atoms with Gasteiger partial charge < -0.3 is 4.57 Å². The summed E-state index contributed by atoms with van der Waals surface area (Å²) in [5, 5.41) is 4.08. The monoisotopic (exact) mass is 705 g/mol. The Labute approximate surface area is 318 Å². The Balaban J connectivity index is 1.07. The van der Waals surface area contributed by atoms with Crippen LogP contribution in [-0.4, -0.2) is 14.1 Å². The minimum atomic E-state index is -0.0545. The Hall–Kier alpha value is -7.04. The third-order valence-electron chi connectivity index (χ3n) is 11.6. The van der Waals surface area contributed by atoms with E-state index in [1.54, 1.807) is 0 Å². The summed E-state index contributed by atoms with van der Waals surface area (Å²) in [5.41, 5.74) is 14.5. The Morgan fingerprint density at radius 2 is 1.09 bits per heavy atom. The Bertz CT molecular complexity index is 3180. The molecular formula is C51H35N3O. The predicted molar refractivity (Wildman–Crippen MR) is 227 cm³/mol. The SMILES string of the molecule is O=c1c2ccc(C3CCc4ccccc4-c4cc(-c5ccc6c(c5)c5ccccc5n6-c5ccccc5)ccc43)nc2c2ccccc2n1-c1ccccc1. The second kappa shape index (κ2) is 12.5. The van der Waals surface area contributed by atoms with Crippen LogP contribution in [0.4, 0.5) is 0 Å². The highest BCUT2D eigenvalue weighted by molar-refractivity contribution is 6.10. The fourth-order valence-corrected chi connectivity index (χ4v) is 9.02. The highest BCUT2D eigenvalue weighted by atomic mass is 16.1. The fraction of sp³-hybridized carbons (Fsp3) is 0.0588. The largest absolute Gasteiger partial charge is 0.309 e. The van der Waals surface area contributed by atoms with Crippen LogP contribution in [-0.2, 0) is 6.42 Å². The number of aryl methyl sites for hydroxylation is 1. The molecule has 1 aliphatic rings. The number of hydrogen-bond acceptors (Lipinski definition) is 2. The van der Waals surface area contributed by atoms with Crippen LogP contribution >= 0.6 is 0 Å². The van der Waals surface area contributed by atoms with Crippen molar-refractivity contribution in [3.05, 3.63) is 209 Å². The third kappa shape index (κ3) is 4.99. The van der Waals surface area contributed by atoms with Gasteiger partial charge in [-0.25, -0.2) is 0 Å². The molecule has 0 saturated heterocycles. The van der Waals surface area contributed by atoms with E-state index in [1.807, 2.05) is 59.2 Å². The smallest absolute Gasteiger partial charge is 0.265 e. The number of fused-ring (bicyclic) bond motifs is 9. The summed E-state index contributed by atoms with van der Waals surface area (Å²) in [6.07, 6.45) is 1.86. The van der Waals surface area contributed by atoms with Crippen molar-refractivity contribution in [2.75, 3.05) is 0 Å². The lowest BCUT2D eigenvalue weighted by Crippen LogP contribution is -2.20. The molecule has 0 aliphatic heterocycles. The van der Waals surface area contributed by atoms with Gasteiger partial charge in [-0.1, -0.05) is 115 Å². The summed E-state index contributed by atoms with van der Waals surface area (Å²) in [5.74, 6) is 0.0579. The summed E-state index contributed by atoms with van der Waals surface area (Å²) in [7, 11) is 0. The molecule has 3 aromatic heterocycles. The van der Waals surface area contributed by atoms with Crippen LogP contribution in [0.1, 0.15) is 29.2 Å². The highest BCUT2D eigenvalue weighted by Crippen LogP contribution is 2.44. The lowest BCUT2D eigenvalue weighted by Gasteiger charge is -2.20. The van der Waals surface area contributed by atoms with Gasteiger partial charge in [0.25, 0.3) is 5.56 Å². The van der Waals surface area contributed by atoms with Crippen LogP contribution in [0.25, 0.3) is 77.2 Å². The zero-order chi connectivity index (χ0) is 36.5. The van der Waals surface area contributed by atoms with E-state index in [9.17, 15) is 4.79 Å². The van der Waals surface area contributed by atoms with Crippen LogP contribution in [0.5, 0.6) is 0 Å². The summed E-state index contributed by atoms with van der Waals surface area (Å²) in [6, 6.07) is 64.1. The van der Waals surface area contributed by atoms with Gasteiger partial charge in [-0.05, 0) is 113 Å². The van der Waals surface area contributed by atoms with Gasteiger partial charge in [0.1, 0.15) is 0 Å². The number of hydrogen-bond donors (Lipinski definition) is 0. The first kappa shape index (κ1) is 31.5. The van der Waals surface area contributed by atoms with Gasteiger partial charge in [0, 0.05) is 39.1 Å². The number of para-hydroxylation sites is 4. The van der Waals surface area contributed by atoms with Crippen molar-refractivity contribution >= 4 is 43.6 Å². The number of benzene rings is 7. The van der Waals surface area contributed by atoms with Crippen molar-refractivity contribution in [3.8, 4) is 33.6 Å². The molecule has 0 bridgehead atoms. The van der Waals surface area contributed by atoms with E-state index in [2.05, 4.69) is 132 Å². The Morgan fingerprint density at radius 3 is 1.89 bits per heavy atom. The van der Waals surface area contributed by atoms with Gasteiger partial charge in [-0.3, -0.25) is 14.3 Å². The van der Waals surface area contributed by atoms with Gasteiger partial charge in [0.15, 0.2) is 0 Å². The molecule has 260 valence electrons. The maximum atomic E-state index is 14.2. The van der Waals surface area contributed by atoms with Crippen molar-refractivity contribution in [3.63, 3.8) is 0 Å². The number of nitrogens with zero attached hydrogens (tertiary/aromatic N) is 3. The van der Waals surface area contributed by atoms with Crippen LogP contribution in [0.2, 0.25) is 0 Å². The van der Waals surface area contributed by atoms with Crippen LogP contribution in [0.15, 0.2) is 187 Å². The van der Waals surface area contributed by atoms with Crippen LogP contribution in [0.3, 0.4) is 0 Å². The molecule has 0 N–H and O–H groups in total. The molecular weight excluding hydrogens is 671 g/mol. The second-order valence-corrected chi connectivity index (χ2v) is 14.6. The minimum absolute atomic E-state index is 0.0545. The molecule has 7 aromatic carbocycles. The first-order valence-corrected chi connectivity index (χ1v) is 19.0. The van der Waals surface area contributed by atoms with Gasteiger partial charge >= 0.3 is 0 Å². The van der Waals surface area contributed by atoms with E-state index in [-0.39, 0.29) is 11.5 Å². The zero-order valence-electron chi connectivity index (χ0n) is 30.1. The lowest BCUT2D eigenvalue weighted by molar-refractivity contribution is 0.708. The summed E-state index contributed by atoms with van der Waals surface area (Å²) in [6.45, 7) is 0. The molecule has 0 fully saturated rings. The molecule has 0 amide bonds. The number of pyridine rings is 2. The third-order valence-corrected chi connectivity index (χ3v) is 11.6. The maximum Gasteiger partial charge on any atom is 0.265 e. The van der Waals surface area contributed by atoms with E-state index in [0.29, 0.717) is 5.39 Å². The zero-order valence-corrected chi connectivity index (χ0v) is 30.1. The van der Waals surface area contributed by atoms with Crippen molar-refractivity contribution in [1.29, 1.82) is 0 Å². The average Bonchev–Trinajstić information content (AvgIpc) is 3.48. The molecule has 0 spiro atoms. The molecule has 4 nitrogen and oxygen atoms in total. The number of rotatable bonds is 4. The summed E-state index contributed by atoms with van der Waals surface area (Å²) in [4.78, 5) is 19.5. The fourth-order valence-electron chi connectivity index (χ4n) is 9.02. The summed E-state index contributed by atoms with van der Waals surface area (Å²) >= 11 is 0. The molecule has 1 unspecified atom stereocenters. The molecule has 4 heteroatoms. The van der Waals surface area contributed by atoms with E-state index in [0.717, 1.165) is 46.3 Å². The van der Waals surface area contributed by atoms with Gasteiger partial charge in [-0.15, -0.1) is 0 Å². The van der Waals surface area contributed by atoms with E-state index < -0.39 is 0 Å². The minimum Gasteiger partial charge on any atom is -0.309 e. The normalized spacial score (nSPS) is 13.9. The van der Waals surface area contributed by atoms with E-state index in [1.165, 1.54) is 55.2 Å². The molecule has 0 saturated carbocycles. The molecule has 3 heterocycles. The average molecular weight is 706 g/mol. The van der Waals surface area contributed by atoms with Gasteiger partial charge in [-0.2, -0.15) is 0 Å².